The summed E-state index contributed by atoms with van der Waals surface area (Å²) in [5, 5.41) is 8.68. The van der Waals surface area contributed by atoms with Gasteiger partial charge in [-0.3, -0.25) is 4.79 Å². The van der Waals surface area contributed by atoms with Gasteiger partial charge in [0, 0.05) is 23.8 Å². The molecule has 4 nitrogen and oxygen atoms in total. The van der Waals surface area contributed by atoms with E-state index in [-0.39, 0.29) is 29.0 Å². The number of carbonyl (C=O) groups is 1. The largest absolute Gasteiger partial charge is 0.355 e. The van der Waals surface area contributed by atoms with Crippen molar-refractivity contribution >= 4 is 16.8 Å². The average molecular weight is 444 g/mol. The molecule has 0 saturated carbocycles. The minimum absolute atomic E-state index is 0.0513. The number of rotatable bonds is 7. The van der Waals surface area contributed by atoms with Crippen molar-refractivity contribution in [3.8, 4) is 5.69 Å². The molecule has 33 heavy (non-hydrogen) atoms. The minimum Gasteiger partial charge on any atom is -0.355 e. The Labute approximate surface area is 194 Å². The van der Waals surface area contributed by atoms with Crippen LogP contribution in [0, 0.1) is 17.2 Å². The zero-order valence-corrected chi connectivity index (χ0v) is 19.5. The number of amides is 1. The second-order valence-corrected chi connectivity index (χ2v) is 9.56. The molecule has 1 amide bonds. The van der Waals surface area contributed by atoms with E-state index in [0.29, 0.717) is 6.54 Å². The highest BCUT2D eigenvalue weighted by Gasteiger charge is 2.33. The quantitative estimate of drug-likeness (QED) is 0.375. The lowest BCUT2D eigenvalue weighted by Crippen LogP contribution is -2.39. The topological polar surface area (TPSA) is 46.9 Å². The van der Waals surface area contributed by atoms with Crippen molar-refractivity contribution in [2.45, 2.75) is 33.6 Å². The van der Waals surface area contributed by atoms with Crippen LogP contribution in [0.3, 0.4) is 0 Å². The van der Waals surface area contributed by atoms with Gasteiger partial charge in [0.1, 0.15) is 5.82 Å². The molecule has 0 aliphatic heterocycles. The lowest BCUT2D eigenvalue weighted by molar-refractivity contribution is -0.124. The second-order valence-electron chi connectivity index (χ2n) is 9.56. The van der Waals surface area contributed by atoms with E-state index in [4.69, 9.17) is 0 Å². The van der Waals surface area contributed by atoms with E-state index in [1.807, 2.05) is 30.8 Å². The van der Waals surface area contributed by atoms with Crippen LogP contribution >= 0.6 is 0 Å². The van der Waals surface area contributed by atoms with E-state index >= 15 is 0 Å². The lowest BCUT2D eigenvalue weighted by Gasteiger charge is -2.36. The predicted molar refractivity (Wildman–Crippen MR) is 131 cm³/mol. The van der Waals surface area contributed by atoms with Gasteiger partial charge in [0.2, 0.25) is 5.91 Å². The van der Waals surface area contributed by atoms with Gasteiger partial charge in [0.05, 0.1) is 17.4 Å². The molecular formula is C28H30FN3O. The first-order chi connectivity index (χ1) is 15.8. The van der Waals surface area contributed by atoms with Crippen LogP contribution < -0.4 is 5.32 Å². The Balaban J connectivity index is 1.73. The molecular weight excluding hydrogens is 413 g/mol. The van der Waals surface area contributed by atoms with Gasteiger partial charge in [-0.05, 0) is 52.9 Å². The highest BCUT2D eigenvalue weighted by Crippen LogP contribution is 2.41. The van der Waals surface area contributed by atoms with Gasteiger partial charge in [-0.1, -0.05) is 64.1 Å². The van der Waals surface area contributed by atoms with Gasteiger partial charge in [-0.25, -0.2) is 9.07 Å². The van der Waals surface area contributed by atoms with Crippen LogP contribution in [0.4, 0.5) is 4.39 Å². The standard InChI is InChI=1S/C28H30FN3O/c1-19(2)27(33)30-18-28(3,4)26(20-8-6-5-7-9-20)21-10-15-25-22(16-21)17-31-32(25)24-13-11-23(29)12-14-24/h5-17,19,26H,18H2,1-4H3,(H,30,33). The highest BCUT2D eigenvalue weighted by atomic mass is 19.1. The number of nitrogens with zero attached hydrogens (tertiary/aromatic N) is 2. The first-order valence-electron chi connectivity index (χ1n) is 11.3. The summed E-state index contributed by atoms with van der Waals surface area (Å²) in [6.45, 7) is 8.76. The minimum atomic E-state index is -0.269. The van der Waals surface area contributed by atoms with Crippen molar-refractivity contribution in [2.75, 3.05) is 6.54 Å². The molecule has 0 fully saturated rings. The molecule has 1 atom stereocenters. The Hall–Kier alpha value is -3.47. The van der Waals surface area contributed by atoms with Crippen LogP contribution in [0.25, 0.3) is 16.6 Å². The third-order valence-electron chi connectivity index (χ3n) is 6.15. The van der Waals surface area contributed by atoms with Crippen LogP contribution in [0.1, 0.15) is 44.7 Å². The van der Waals surface area contributed by atoms with Crippen LogP contribution in [-0.2, 0) is 4.79 Å². The Kier molecular flexibility index (Phi) is 6.32. The summed E-state index contributed by atoms with van der Waals surface area (Å²) >= 11 is 0. The number of fused-ring (bicyclic) bond motifs is 1. The molecule has 1 N–H and O–H groups in total. The van der Waals surface area contributed by atoms with E-state index in [9.17, 15) is 9.18 Å². The number of benzene rings is 3. The fourth-order valence-corrected chi connectivity index (χ4v) is 4.38. The molecule has 0 bridgehead atoms. The Morgan fingerprint density at radius 3 is 2.36 bits per heavy atom. The predicted octanol–water partition coefficient (Wildman–Crippen LogP) is 6.09. The molecule has 3 aromatic carbocycles. The van der Waals surface area contributed by atoms with Crippen LogP contribution in [0.5, 0.6) is 0 Å². The Morgan fingerprint density at radius 1 is 1.00 bits per heavy atom. The van der Waals surface area contributed by atoms with Gasteiger partial charge in [0.25, 0.3) is 0 Å². The molecule has 1 heterocycles. The maximum Gasteiger partial charge on any atom is 0.222 e. The van der Waals surface area contributed by atoms with Crippen molar-refractivity contribution < 1.29 is 9.18 Å². The fourth-order valence-electron chi connectivity index (χ4n) is 4.38. The summed E-state index contributed by atoms with van der Waals surface area (Å²) in [5.41, 5.74) is 3.91. The van der Waals surface area contributed by atoms with Crippen LogP contribution in [0.15, 0.2) is 79.0 Å². The van der Waals surface area contributed by atoms with Crippen molar-refractivity contribution in [1.82, 2.24) is 15.1 Å². The number of halogens is 1. The first-order valence-corrected chi connectivity index (χ1v) is 11.3. The molecule has 0 saturated heterocycles. The van der Waals surface area contributed by atoms with Crippen molar-refractivity contribution in [1.29, 1.82) is 0 Å². The maximum atomic E-state index is 13.4. The van der Waals surface area contributed by atoms with Crippen molar-refractivity contribution in [2.24, 2.45) is 11.3 Å². The molecule has 170 valence electrons. The number of carbonyl (C=O) groups excluding carboxylic acids is 1. The third kappa shape index (κ3) is 4.82. The molecule has 0 aliphatic carbocycles. The Morgan fingerprint density at radius 2 is 1.70 bits per heavy atom. The van der Waals surface area contributed by atoms with E-state index in [1.54, 1.807) is 12.1 Å². The number of nitrogens with one attached hydrogen (secondary N) is 1. The average Bonchev–Trinajstić information content (AvgIpc) is 3.22. The summed E-state index contributed by atoms with van der Waals surface area (Å²) in [4.78, 5) is 12.3. The second kappa shape index (κ2) is 9.18. The molecule has 1 aromatic heterocycles. The van der Waals surface area contributed by atoms with Gasteiger partial charge in [-0.15, -0.1) is 0 Å². The van der Waals surface area contributed by atoms with E-state index < -0.39 is 0 Å². The lowest BCUT2D eigenvalue weighted by atomic mass is 9.71. The molecule has 0 spiro atoms. The van der Waals surface area contributed by atoms with E-state index in [2.05, 4.69) is 66.7 Å². The number of aromatic nitrogens is 2. The summed E-state index contributed by atoms with van der Waals surface area (Å²) in [5.74, 6) is -0.185. The molecule has 0 aliphatic rings. The summed E-state index contributed by atoms with van der Waals surface area (Å²) in [6.07, 6.45) is 1.85. The molecule has 4 aromatic rings. The summed E-state index contributed by atoms with van der Waals surface area (Å²) < 4.78 is 15.2. The monoisotopic (exact) mass is 443 g/mol. The maximum absolute atomic E-state index is 13.4. The smallest absolute Gasteiger partial charge is 0.222 e. The molecule has 1 unspecified atom stereocenters. The molecule has 5 heteroatoms. The molecule has 0 radical (unpaired) electrons. The third-order valence-corrected chi connectivity index (χ3v) is 6.15. The number of hydrogen-bond donors (Lipinski definition) is 1. The van der Waals surface area contributed by atoms with Gasteiger partial charge < -0.3 is 5.32 Å². The fraction of sp³-hybridized carbons (Fsp3) is 0.286. The number of hydrogen-bond acceptors (Lipinski definition) is 2. The van der Waals surface area contributed by atoms with Gasteiger partial charge in [-0.2, -0.15) is 5.10 Å². The zero-order valence-electron chi connectivity index (χ0n) is 19.5. The van der Waals surface area contributed by atoms with Gasteiger partial charge in [0.15, 0.2) is 0 Å². The highest BCUT2D eigenvalue weighted by molar-refractivity contribution is 5.81. The Bertz CT molecular complexity index is 1240. The van der Waals surface area contributed by atoms with Crippen molar-refractivity contribution in [3.05, 3.63) is 95.9 Å². The van der Waals surface area contributed by atoms with Crippen LogP contribution in [0.2, 0.25) is 0 Å². The summed E-state index contributed by atoms with van der Waals surface area (Å²) in [6, 6.07) is 23.1. The van der Waals surface area contributed by atoms with Gasteiger partial charge >= 0.3 is 0 Å². The summed E-state index contributed by atoms with van der Waals surface area (Å²) in [7, 11) is 0. The zero-order chi connectivity index (χ0) is 23.6. The van der Waals surface area contributed by atoms with Crippen LogP contribution in [-0.4, -0.2) is 22.2 Å². The SMILES string of the molecule is CC(C)C(=O)NCC(C)(C)C(c1ccccc1)c1ccc2c(cnn2-c2ccc(F)cc2)c1. The van der Waals surface area contributed by atoms with Crippen molar-refractivity contribution in [3.63, 3.8) is 0 Å². The molecule has 4 rings (SSSR count). The normalized spacial score (nSPS) is 12.8. The first kappa shape index (κ1) is 22.7. The van der Waals surface area contributed by atoms with E-state index in [1.165, 1.54) is 17.7 Å². The van der Waals surface area contributed by atoms with E-state index in [0.717, 1.165) is 22.2 Å².